The van der Waals surface area contributed by atoms with Crippen molar-refractivity contribution in [2.75, 3.05) is 0 Å². The molecule has 0 N–H and O–H groups in total. The number of ether oxygens (including phenoxy) is 1. The molecule has 0 bridgehead atoms. The van der Waals surface area contributed by atoms with Crippen molar-refractivity contribution in [2.24, 2.45) is 0 Å². The molecule has 0 fully saturated rings. The molecule has 0 aliphatic heterocycles. The molecular formula is C18H20O2. The Balaban J connectivity index is 2.00. The molecule has 104 valence electrons. The summed E-state index contributed by atoms with van der Waals surface area (Å²) in [5.41, 5.74) is 2.49. The van der Waals surface area contributed by atoms with E-state index in [1.165, 1.54) is 11.1 Å². The zero-order chi connectivity index (χ0) is 14.4. The zero-order valence-corrected chi connectivity index (χ0v) is 12.1. The molecule has 20 heavy (non-hydrogen) atoms. The quantitative estimate of drug-likeness (QED) is 0.759. The fourth-order valence-corrected chi connectivity index (χ4v) is 2.16. The number of carbonyl (C=O) groups is 1. The van der Waals surface area contributed by atoms with E-state index >= 15 is 0 Å². The van der Waals surface area contributed by atoms with Gasteiger partial charge < -0.3 is 9.53 Å². The highest BCUT2D eigenvalue weighted by molar-refractivity contribution is 5.75. The topological polar surface area (TPSA) is 26.3 Å². The summed E-state index contributed by atoms with van der Waals surface area (Å²) in [7, 11) is 0. The van der Waals surface area contributed by atoms with Crippen molar-refractivity contribution in [3.05, 3.63) is 59.7 Å². The van der Waals surface area contributed by atoms with E-state index in [9.17, 15) is 4.79 Å². The predicted octanol–water partition coefficient (Wildman–Crippen LogP) is 4.70. The molecule has 0 aliphatic rings. The first-order valence-corrected chi connectivity index (χ1v) is 6.97. The molecule has 2 heteroatoms. The molecule has 0 heterocycles. The Bertz CT molecular complexity index is 573. The predicted molar refractivity (Wildman–Crippen MR) is 81.3 cm³/mol. The number of hydrogen-bond donors (Lipinski definition) is 0. The minimum absolute atomic E-state index is 0.256. The number of Topliss-reactive ketones (excluding diaryl/α,β-unsaturated/α-hetero) is 1. The Hall–Kier alpha value is -2.09. The summed E-state index contributed by atoms with van der Waals surface area (Å²) < 4.78 is 5.80. The molecule has 0 saturated heterocycles. The largest absolute Gasteiger partial charge is 0.457 e. The molecule has 2 rings (SSSR count). The van der Waals surface area contributed by atoms with E-state index in [-0.39, 0.29) is 5.78 Å². The summed E-state index contributed by atoms with van der Waals surface area (Å²) >= 11 is 0. The third-order valence-corrected chi connectivity index (χ3v) is 3.27. The van der Waals surface area contributed by atoms with Gasteiger partial charge in [0.25, 0.3) is 0 Å². The molecule has 0 unspecified atom stereocenters. The minimum atomic E-state index is 0.256. The van der Waals surface area contributed by atoms with Gasteiger partial charge in [0.05, 0.1) is 0 Å². The first-order chi connectivity index (χ1) is 9.65. The lowest BCUT2D eigenvalue weighted by molar-refractivity contribution is -0.117. The van der Waals surface area contributed by atoms with Crippen molar-refractivity contribution in [3.63, 3.8) is 0 Å². The van der Waals surface area contributed by atoms with Crippen LogP contribution in [0.25, 0.3) is 0 Å². The van der Waals surface area contributed by atoms with Crippen LogP contribution in [0, 0.1) is 6.92 Å². The van der Waals surface area contributed by atoms with Crippen molar-refractivity contribution < 1.29 is 9.53 Å². The van der Waals surface area contributed by atoms with E-state index in [0.29, 0.717) is 6.42 Å². The number of para-hydroxylation sites is 1. The number of aryl methyl sites for hydroxylation is 2. The van der Waals surface area contributed by atoms with Crippen molar-refractivity contribution in [1.29, 1.82) is 0 Å². The smallest absolute Gasteiger partial charge is 0.129 e. The molecule has 2 nitrogen and oxygen atoms in total. The van der Waals surface area contributed by atoms with Gasteiger partial charge in [-0.15, -0.1) is 0 Å². The normalized spacial score (nSPS) is 10.3. The average Bonchev–Trinajstić information content (AvgIpc) is 2.42. The Morgan fingerprint density at radius 1 is 1.05 bits per heavy atom. The molecule has 0 amide bonds. The van der Waals surface area contributed by atoms with Gasteiger partial charge in [-0.2, -0.15) is 0 Å². The monoisotopic (exact) mass is 268 g/mol. The van der Waals surface area contributed by atoms with Crippen LogP contribution in [0.3, 0.4) is 0 Å². The Labute approximate surface area is 120 Å². The van der Waals surface area contributed by atoms with Crippen molar-refractivity contribution in [1.82, 2.24) is 0 Å². The van der Waals surface area contributed by atoms with Crippen LogP contribution < -0.4 is 4.74 Å². The van der Waals surface area contributed by atoms with Crippen LogP contribution in [0.5, 0.6) is 11.5 Å². The lowest BCUT2D eigenvalue weighted by Crippen LogP contribution is -1.95. The summed E-state index contributed by atoms with van der Waals surface area (Å²) in [6.07, 6.45) is 2.51. The van der Waals surface area contributed by atoms with Crippen LogP contribution in [-0.2, 0) is 11.2 Å². The summed E-state index contributed by atoms with van der Waals surface area (Å²) in [6.45, 7) is 3.73. The van der Waals surface area contributed by atoms with Crippen LogP contribution in [0.15, 0.2) is 48.5 Å². The molecule has 0 atom stereocenters. The number of benzene rings is 2. The first kappa shape index (κ1) is 14.3. The fourth-order valence-electron chi connectivity index (χ4n) is 2.16. The molecule has 0 radical (unpaired) electrons. The maximum absolute atomic E-state index is 11.0. The van der Waals surface area contributed by atoms with Gasteiger partial charge in [0.1, 0.15) is 17.3 Å². The van der Waals surface area contributed by atoms with Gasteiger partial charge >= 0.3 is 0 Å². The van der Waals surface area contributed by atoms with E-state index in [1.54, 1.807) is 6.92 Å². The SMILES string of the molecule is CC(=O)CCCc1ccc(Oc2ccccc2)cc1C. The van der Waals surface area contributed by atoms with E-state index in [2.05, 4.69) is 19.1 Å². The molecule has 0 aromatic heterocycles. The highest BCUT2D eigenvalue weighted by atomic mass is 16.5. The highest BCUT2D eigenvalue weighted by Gasteiger charge is 2.03. The molecule has 2 aromatic rings. The Morgan fingerprint density at radius 3 is 2.45 bits per heavy atom. The second kappa shape index (κ2) is 6.90. The van der Waals surface area contributed by atoms with Gasteiger partial charge in [-0.25, -0.2) is 0 Å². The maximum atomic E-state index is 11.0. The average molecular weight is 268 g/mol. The standard InChI is InChI=1S/C18H20O2/c1-14-13-18(20-17-9-4-3-5-10-17)12-11-16(14)8-6-7-15(2)19/h3-5,9-13H,6-8H2,1-2H3. The van der Waals surface area contributed by atoms with Crippen LogP contribution in [0.4, 0.5) is 0 Å². The number of rotatable bonds is 6. The van der Waals surface area contributed by atoms with Gasteiger partial charge in [0.2, 0.25) is 0 Å². The van der Waals surface area contributed by atoms with Gasteiger partial charge in [0.15, 0.2) is 0 Å². The lowest BCUT2D eigenvalue weighted by Gasteiger charge is -2.09. The zero-order valence-electron chi connectivity index (χ0n) is 12.1. The van der Waals surface area contributed by atoms with Gasteiger partial charge in [-0.05, 0) is 62.1 Å². The summed E-state index contributed by atoms with van der Waals surface area (Å²) in [6, 6.07) is 15.9. The fraction of sp³-hybridized carbons (Fsp3) is 0.278. The minimum Gasteiger partial charge on any atom is -0.457 e. The van der Waals surface area contributed by atoms with Crippen LogP contribution in [0.2, 0.25) is 0 Å². The summed E-state index contributed by atoms with van der Waals surface area (Å²) in [5.74, 6) is 1.95. The van der Waals surface area contributed by atoms with Crippen LogP contribution >= 0.6 is 0 Å². The molecule has 0 saturated carbocycles. The van der Waals surface area contributed by atoms with Crippen LogP contribution in [-0.4, -0.2) is 5.78 Å². The van der Waals surface area contributed by atoms with Gasteiger partial charge in [-0.1, -0.05) is 24.3 Å². The Kier molecular flexibility index (Phi) is 4.94. The maximum Gasteiger partial charge on any atom is 0.129 e. The first-order valence-electron chi connectivity index (χ1n) is 6.97. The third-order valence-electron chi connectivity index (χ3n) is 3.27. The second-order valence-electron chi connectivity index (χ2n) is 5.06. The van der Waals surface area contributed by atoms with E-state index in [0.717, 1.165) is 24.3 Å². The second-order valence-corrected chi connectivity index (χ2v) is 5.06. The van der Waals surface area contributed by atoms with Crippen molar-refractivity contribution in [3.8, 4) is 11.5 Å². The molecule has 2 aromatic carbocycles. The number of carbonyl (C=O) groups excluding carboxylic acids is 1. The van der Waals surface area contributed by atoms with E-state index in [4.69, 9.17) is 4.74 Å². The molecular weight excluding hydrogens is 248 g/mol. The molecule has 0 spiro atoms. The van der Waals surface area contributed by atoms with Crippen molar-refractivity contribution >= 4 is 5.78 Å². The summed E-state index contributed by atoms with van der Waals surface area (Å²) in [4.78, 5) is 11.0. The third kappa shape index (κ3) is 4.23. The Morgan fingerprint density at radius 2 is 1.80 bits per heavy atom. The van der Waals surface area contributed by atoms with Crippen LogP contribution in [0.1, 0.15) is 30.9 Å². The van der Waals surface area contributed by atoms with E-state index < -0.39 is 0 Å². The summed E-state index contributed by atoms with van der Waals surface area (Å²) in [5, 5.41) is 0. The van der Waals surface area contributed by atoms with E-state index in [1.807, 2.05) is 36.4 Å². The number of ketones is 1. The number of hydrogen-bond acceptors (Lipinski definition) is 2. The van der Waals surface area contributed by atoms with Gasteiger partial charge in [0, 0.05) is 6.42 Å². The molecule has 0 aliphatic carbocycles. The highest BCUT2D eigenvalue weighted by Crippen LogP contribution is 2.24. The van der Waals surface area contributed by atoms with Crippen molar-refractivity contribution in [2.45, 2.75) is 33.1 Å². The van der Waals surface area contributed by atoms with Gasteiger partial charge in [-0.3, -0.25) is 0 Å². The lowest BCUT2D eigenvalue weighted by atomic mass is 10.0.